The van der Waals surface area contributed by atoms with Crippen molar-refractivity contribution in [3.8, 4) is 11.3 Å². The Morgan fingerprint density at radius 1 is 1.22 bits per heavy atom. The lowest BCUT2D eigenvalue weighted by Crippen LogP contribution is -2.17. The summed E-state index contributed by atoms with van der Waals surface area (Å²) in [5.41, 5.74) is 1.96. The first-order chi connectivity index (χ1) is 11.2. The molecule has 0 unspecified atom stereocenters. The molecule has 1 aromatic carbocycles. The van der Waals surface area contributed by atoms with Crippen molar-refractivity contribution in [2.45, 2.75) is 19.6 Å². The summed E-state index contributed by atoms with van der Waals surface area (Å²) < 4.78 is 31.2. The van der Waals surface area contributed by atoms with Crippen molar-refractivity contribution < 1.29 is 18.3 Å². The maximum atomic E-state index is 14.5. The van der Waals surface area contributed by atoms with Crippen LogP contribution >= 0.6 is 0 Å². The average molecular weight is 314 g/mol. The van der Waals surface area contributed by atoms with E-state index in [2.05, 4.69) is 6.58 Å². The highest BCUT2D eigenvalue weighted by atomic mass is 19.1. The number of benzene rings is 1. The second-order valence-corrected chi connectivity index (χ2v) is 5.30. The zero-order valence-corrected chi connectivity index (χ0v) is 13.0. The smallest absolute Gasteiger partial charge is 0.183 e. The van der Waals surface area contributed by atoms with Crippen LogP contribution in [0.15, 0.2) is 41.3 Å². The molecule has 0 saturated carbocycles. The Balaban J connectivity index is 1.92. The molecule has 3 nitrogen and oxygen atoms in total. The fourth-order valence-electron chi connectivity index (χ4n) is 2.58. The highest BCUT2D eigenvalue weighted by molar-refractivity contribution is 5.69. The van der Waals surface area contributed by atoms with Crippen molar-refractivity contribution in [3.63, 3.8) is 0 Å². The molecule has 0 radical (unpaired) electrons. The first-order valence-electron chi connectivity index (χ1n) is 7.65. The maximum Gasteiger partial charge on any atom is 0.183 e. The fourth-order valence-corrected chi connectivity index (χ4v) is 2.58. The summed E-state index contributed by atoms with van der Waals surface area (Å²) in [4.78, 5) is 0. The van der Waals surface area contributed by atoms with Crippen LogP contribution in [0.1, 0.15) is 36.5 Å². The summed E-state index contributed by atoms with van der Waals surface area (Å²) in [6.45, 7) is 6.89. The van der Waals surface area contributed by atoms with Gasteiger partial charge >= 0.3 is 0 Å². The lowest BCUT2D eigenvalue weighted by atomic mass is 10.1. The molecule has 0 aliphatic carbocycles. The molecule has 0 N–H and O–H groups in total. The SMILES string of the molecule is C=Cc1oc(-c2ccc(C3OCCCO3)cc2F)cc1/C=C\C. The van der Waals surface area contributed by atoms with Gasteiger partial charge in [0.2, 0.25) is 0 Å². The van der Waals surface area contributed by atoms with Gasteiger partial charge in [-0.25, -0.2) is 4.39 Å². The maximum absolute atomic E-state index is 14.5. The topological polar surface area (TPSA) is 31.6 Å². The second kappa shape index (κ2) is 6.94. The van der Waals surface area contributed by atoms with Crippen molar-refractivity contribution >= 4 is 12.2 Å². The van der Waals surface area contributed by atoms with E-state index in [9.17, 15) is 4.39 Å². The zero-order valence-electron chi connectivity index (χ0n) is 13.0. The van der Waals surface area contributed by atoms with Gasteiger partial charge in [0.15, 0.2) is 6.29 Å². The molecule has 2 heterocycles. The Labute approximate surface area is 135 Å². The van der Waals surface area contributed by atoms with E-state index in [0.29, 0.717) is 35.9 Å². The number of halogens is 1. The number of hydrogen-bond donors (Lipinski definition) is 0. The van der Waals surface area contributed by atoms with Gasteiger partial charge in [0.25, 0.3) is 0 Å². The third-order valence-corrected chi connectivity index (χ3v) is 3.68. The van der Waals surface area contributed by atoms with E-state index in [1.54, 1.807) is 18.2 Å². The van der Waals surface area contributed by atoms with Crippen LogP contribution in [0.3, 0.4) is 0 Å². The van der Waals surface area contributed by atoms with Crippen molar-refractivity contribution in [1.29, 1.82) is 0 Å². The highest BCUT2D eigenvalue weighted by Crippen LogP contribution is 2.32. The summed E-state index contributed by atoms with van der Waals surface area (Å²) in [5, 5.41) is 0. The van der Waals surface area contributed by atoms with E-state index < -0.39 is 6.29 Å². The second-order valence-electron chi connectivity index (χ2n) is 5.30. The Kier molecular flexibility index (Phi) is 4.74. The molecule has 0 atom stereocenters. The molecule has 1 saturated heterocycles. The normalized spacial score (nSPS) is 16.1. The number of rotatable bonds is 4. The minimum absolute atomic E-state index is 0.364. The fraction of sp³-hybridized carbons (Fsp3) is 0.263. The van der Waals surface area contributed by atoms with Gasteiger partial charge in [-0.15, -0.1) is 0 Å². The summed E-state index contributed by atoms with van der Waals surface area (Å²) in [5.74, 6) is 0.736. The zero-order chi connectivity index (χ0) is 16.2. The first kappa shape index (κ1) is 15.7. The lowest BCUT2D eigenvalue weighted by Gasteiger charge is -2.23. The molecular weight excluding hydrogens is 295 g/mol. The van der Waals surface area contributed by atoms with Gasteiger partial charge in [0.05, 0.1) is 18.8 Å². The van der Waals surface area contributed by atoms with Crippen LogP contribution in [0.4, 0.5) is 4.39 Å². The molecule has 1 aromatic heterocycles. The number of furan rings is 1. The molecule has 2 aromatic rings. The van der Waals surface area contributed by atoms with E-state index in [0.717, 1.165) is 12.0 Å². The third-order valence-electron chi connectivity index (χ3n) is 3.68. The van der Waals surface area contributed by atoms with Gasteiger partial charge in [-0.3, -0.25) is 0 Å². The minimum atomic E-state index is -0.494. The number of allylic oxidation sites excluding steroid dienone is 1. The summed E-state index contributed by atoms with van der Waals surface area (Å²) in [6.07, 6.45) is 5.79. The molecule has 1 aliphatic rings. The van der Waals surface area contributed by atoms with Crippen molar-refractivity contribution in [2.24, 2.45) is 0 Å². The van der Waals surface area contributed by atoms with Crippen LogP contribution in [0.5, 0.6) is 0 Å². The predicted octanol–water partition coefficient (Wildman–Crippen LogP) is 5.20. The van der Waals surface area contributed by atoms with Crippen molar-refractivity contribution in [1.82, 2.24) is 0 Å². The van der Waals surface area contributed by atoms with E-state index in [-0.39, 0.29) is 5.82 Å². The van der Waals surface area contributed by atoms with Gasteiger partial charge < -0.3 is 13.9 Å². The van der Waals surface area contributed by atoms with Crippen LogP contribution in [0.25, 0.3) is 23.5 Å². The largest absolute Gasteiger partial charge is 0.456 e. The molecule has 1 aliphatic heterocycles. The third kappa shape index (κ3) is 3.28. The molecule has 3 rings (SSSR count). The minimum Gasteiger partial charge on any atom is -0.456 e. The van der Waals surface area contributed by atoms with Gasteiger partial charge in [0, 0.05) is 11.1 Å². The van der Waals surface area contributed by atoms with Crippen LogP contribution in [0, 0.1) is 5.82 Å². The summed E-state index contributed by atoms with van der Waals surface area (Å²) in [7, 11) is 0. The summed E-state index contributed by atoms with van der Waals surface area (Å²) in [6, 6.07) is 6.75. The molecule has 1 fully saturated rings. The van der Waals surface area contributed by atoms with E-state index in [4.69, 9.17) is 13.9 Å². The lowest BCUT2D eigenvalue weighted by molar-refractivity contribution is -0.183. The van der Waals surface area contributed by atoms with Crippen molar-refractivity contribution in [2.75, 3.05) is 13.2 Å². The van der Waals surface area contributed by atoms with Crippen LogP contribution in [0.2, 0.25) is 0 Å². The molecule has 0 spiro atoms. The van der Waals surface area contributed by atoms with Crippen LogP contribution < -0.4 is 0 Å². The Morgan fingerprint density at radius 3 is 2.65 bits per heavy atom. The Hall–Kier alpha value is -2.17. The molecule has 23 heavy (non-hydrogen) atoms. The van der Waals surface area contributed by atoms with Gasteiger partial charge in [-0.05, 0) is 37.6 Å². The van der Waals surface area contributed by atoms with Crippen molar-refractivity contribution in [3.05, 3.63) is 59.6 Å². The van der Waals surface area contributed by atoms with Crippen LogP contribution in [-0.4, -0.2) is 13.2 Å². The first-order valence-corrected chi connectivity index (χ1v) is 7.65. The molecule has 120 valence electrons. The average Bonchev–Trinajstić information content (AvgIpc) is 2.98. The standard InChI is InChI=1S/C19H19FO3/c1-3-6-13-12-18(23-17(13)4-2)15-8-7-14(11-16(15)20)19-21-9-5-10-22-19/h3-4,6-8,11-12,19H,2,5,9-10H2,1H3/b6-3-. The quantitative estimate of drug-likeness (QED) is 0.777. The monoisotopic (exact) mass is 314 g/mol. The molecule has 0 amide bonds. The van der Waals surface area contributed by atoms with E-state index in [1.165, 1.54) is 6.07 Å². The van der Waals surface area contributed by atoms with E-state index >= 15 is 0 Å². The van der Waals surface area contributed by atoms with E-state index in [1.807, 2.05) is 25.1 Å². The number of hydrogen-bond acceptors (Lipinski definition) is 3. The Morgan fingerprint density at radius 2 is 2.00 bits per heavy atom. The number of ether oxygens (including phenoxy) is 2. The molecule has 4 heteroatoms. The molecular formula is C19H19FO3. The van der Waals surface area contributed by atoms with Gasteiger partial charge in [-0.1, -0.05) is 24.8 Å². The Bertz CT molecular complexity index is 724. The van der Waals surface area contributed by atoms with Crippen LogP contribution in [-0.2, 0) is 9.47 Å². The van der Waals surface area contributed by atoms with Gasteiger partial charge in [0.1, 0.15) is 17.3 Å². The summed E-state index contributed by atoms with van der Waals surface area (Å²) >= 11 is 0. The predicted molar refractivity (Wildman–Crippen MR) is 88.2 cm³/mol. The van der Waals surface area contributed by atoms with Gasteiger partial charge in [-0.2, -0.15) is 0 Å². The molecule has 0 bridgehead atoms. The highest BCUT2D eigenvalue weighted by Gasteiger charge is 2.19.